The van der Waals surface area contributed by atoms with Crippen LogP contribution in [0.1, 0.15) is 17.3 Å². The van der Waals surface area contributed by atoms with Gasteiger partial charge in [-0.2, -0.15) is 0 Å². The maximum absolute atomic E-state index is 5.33. The molecular formula is C24H27N3O. The molecule has 1 aromatic heterocycles. The summed E-state index contributed by atoms with van der Waals surface area (Å²) >= 11 is 0. The Kier molecular flexibility index (Phi) is 4.53. The monoisotopic (exact) mass is 373 g/mol. The number of likely N-dealkylation sites (tertiary alicyclic amines) is 2. The molecule has 4 nitrogen and oxygen atoms in total. The topological polar surface area (TPSA) is 28.6 Å². The lowest BCUT2D eigenvalue weighted by molar-refractivity contribution is 0.223. The van der Waals surface area contributed by atoms with E-state index in [-0.39, 0.29) is 0 Å². The first-order valence-corrected chi connectivity index (χ1v) is 10.1. The van der Waals surface area contributed by atoms with Gasteiger partial charge in [0.1, 0.15) is 5.75 Å². The number of benzene rings is 2. The molecule has 3 aromatic rings. The molecule has 2 saturated heterocycles. The molecule has 3 atom stereocenters. The highest BCUT2D eigenvalue weighted by Crippen LogP contribution is 2.44. The standard InChI is InChI=1S/C24H27N3O/c1-26-13-19-14-27(15-20-10-7-17-5-3-4-6-23(17)25-20)16-22(19)24(26)18-8-11-21(28-2)12-9-18/h3-12,19,22,24H,13-16H2,1-2H3/t19-,22+,24-/m0/s1. The molecule has 2 aromatic carbocycles. The zero-order valence-electron chi connectivity index (χ0n) is 16.6. The summed E-state index contributed by atoms with van der Waals surface area (Å²) in [5.74, 6) is 2.34. The van der Waals surface area contributed by atoms with Crippen LogP contribution in [0.25, 0.3) is 10.9 Å². The van der Waals surface area contributed by atoms with E-state index in [2.05, 4.69) is 77.5 Å². The average Bonchev–Trinajstić information content (AvgIpc) is 3.23. The van der Waals surface area contributed by atoms with Gasteiger partial charge in [0.15, 0.2) is 0 Å². The Bertz CT molecular complexity index is 971. The molecule has 144 valence electrons. The van der Waals surface area contributed by atoms with E-state index in [1.165, 1.54) is 23.2 Å². The van der Waals surface area contributed by atoms with Crippen molar-refractivity contribution in [1.82, 2.24) is 14.8 Å². The lowest BCUT2D eigenvalue weighted by Gasteiger charge is -2.27. The van der Waals surface area contributed by atoms with E-state index in [0.717, 1.165) is 36.8 Å². The number of hydrogen-bond donors (Lipinski definition) is 0. The first kappa shape index (κ1) is 17.7. The molecule has 0 amide bonds. The highest BCUT2D eigenvalue weighted by Gasteiger charge is 2.45. The second kappa shape index (κ2) is 7.19. The van der Waals surface area contributed by atoms with Gasteiger partial charge in [0.05, 0.1) is 18.3 Å². The number of para-hydroxylation sites is 1. The Morgan fingerprint density at radius 3 is 2.61 bits per heavy atom. The predicted octanol–water partition coefficient (Wildman–Crippen LogP) is 3.98. The van der Waals surface area contributed by atoms with Crippen molar-refractivity contribution in [2.75, 3.05) is 33.8 Å². The van der Waals surface area contributed by atoms with Gasteiger partial charge in [-0.05, 0) is 48.7 Å². The van der Waals surface area contributed by atoms with Crippen LogP contribution >= 0.6 is 0 Å². The fourth-order valence-corrected chi connectivity index (χ4v) is 5.21. The third-order valence-electron chi connectivity index (χ3n) is 6.47. The minimum Gasteiger partial charge on any atom is -0.497 e. The zero-order chi connectivity index (χ0) is 19.1. The van der Waals surface area contributed by atoms with Crippen LogP contribution < -0.4 is 4.74 Å². The number of fused-ring (bicyclic) bond motifs is 2. The third kappa shape index (κ3) is 3.17. The second-order valence-electron chi connectivity index (χ2n) is 8.27. The van der Waals surface area contributed by atoms with Crippen LogP contribution in [0.2, 0.25) is 0 Å². The van der Waals surface area contributed by atoms with Crippen molar-refractivity contribution >= 4 is 10.9 Å². The molecule has 0 radical (unpaired) electrons. The van der Waals surface area contributed by atoms with Crippen LogP contribution in [0.15, 0.2) is 60.7 Å². The normalized spacial score (nSPS) is 25.3. The van der Waals surface area contributed by atoms with Gasteiger partial charge < -0.3 is 4.74 Å². The van der Waals surface area contributed by atoms with E-state index in [1.807, 2.05) is 0 Å². The minimum absolute atomic E-state index is 0.491. The molecule has 5 rings (SSSR count). The van der Waals surface area contributed by atoms with Crippen molar-refractivity contribution in [3.63, 3.8) is 0 Å². The molecule has 4 heteroatoms. The molecule has 0 unspecified atom stereocenters. The van der Waals surface area contributed by atoms with Crippen LogP contribution in [0.4, 0.5) is 0 Å². The maximum Gasteiger partial charge on any atom is 0.118 e. The molecule has 0 saturated carbocycles. The summed E-state index contributed by atoms with van der Waals surface area (Å²) in [4.78, 5) is 10.0. The first-order chi connectivity index (χ1) is 13.7. The van der Waals surface area contributed by atoms with Crippen LogP contribution in [-0.2, 0) is 6.54 Å². The lowest BCUT2D eigenvalue weighted by Crippen LogP contribution is -2.29. The Hall–Kier alpha value is -2.43. The van der Waals surface area contributed by atoms with Crippen LogP contribution in [-0.4, -0.2) is 48.6 Å². The number of rotatable bonds is 4. The number of methoxy groups -OCH3 is 1. The molecular weight excluding hydrogens is 346 g/mol. The van der Waals surface area contributed by atoms with Crippen molar-refractivity contribution in [3.05, 3.63) is 71.9 Å². The van der Waals surface area contributed by atoms with E-state index >= 15 is 0 Å². The molecule has 28 heavy (non-hydrogen) atoms. The van der Waals surface area contributed by atoms with E-state index in [9.17, 15) is 0 Å². The second-order valence-corrected chi connectivity index (χ2v) is 8.27. The van der Waals surface area contributed by atoms with Gasteiger partial charge in [0, 0.05) is 37.6 Å². The summed E-state index contributed by atoms with van der Waals surface area (Å²) in [6, 6.07) is 21.9. The number of nitrogens with zero attached hydrogens (tertiary/aromatic N) is 3. The fraction of sp³-hybridized carbons (Fsp3) is 0.375. The number of pyridine rings is 1. The van der Waals surface area contributed by atoms with Gasteiger partial charge in [-0.15, -0.1) is 0 Å². The third-order valence-corrected chi connectivity index (χ3v) is 6.47. The Morgan fingerprint density at radius 1 is 0.964 bits per heavy atom. The van der Waals surface area contributed by atoms with Gasteiger partial charge in [-0.25, -0.2) is 0 Å². The summed E-state index contributed by atoms with van der Waals surface area (Å²) in [7, 11) is 3.99. The molecule has 3 heterocycles. The summed E-state index contributed by atoms with van der Waals surface area (Å²) < 4.78 is 5.33. The Labute approximate surface area is 166 Å². The highest BCUT2D eigenvalue weighted by molar-refractivity contribution is 5.78. The van der Waals surface area contributed by atoms with Crippen molar-refractivity contribution in [1.29, 1.82) is 0 Å². The van der Waals surface area contributed by atoms with Crippen LogP contribution in [0.3, 0.4) is 0 Å². The molecule has 0 bridgehead atoms. The highest BCUT2D eigenvalue weighted by atomic mass is 16.5. The Balaban J connectivity index is 1.32. The minimum atomic E-state index is 0.491. The first-order valence-electron chi connectivity index (χ1n) is 10.1. The summed E-state index contributed by atoms with van der Waals surface area (Å²) in [6.45, 7) is 4.41. The van der Waals surface area contributed by atoms with E-state index < -0.39 is 0 Å². The van der Waals surface area contributed by atoms with Gasteiger partial charge in [0.2, 0.25) is 0 Å². The van der Waals surface area contributed by atoms with Crippen molar-refractivity contribution in [2.24, 2.45) is 11.8 Å². The van der Waals surface area contributed by atoms with Crippen LogP contribution in [0.5, 0.6) is 5.75 Å². The van der Waals surface area contributed by atoms with E-state index in [0.29, 0.717) is 12.0 Å². The largest absolute Gasteiger partial charge is 0.497 e. The average molecular weight is 374 g/mol. The fourth-order valence-electron chi connectivity index (χ4n) is 5.21. The van der Waals surface area contributed by atoms with Gasteiger partial charge >= 0.3 is 0 Å². The quantitative estimate of drug-likeness (QED) is 0.692. The lowest BCUT2D eigenvalue weighted by atomic mass is 9.89. The Morgan fingerprint density at radius 2 is 1.79 bits per heavy atom. The van der Waals surface area contributed by atoms with Gasteiger partial charge in [-0.1, -0.05) is 36.4 Å². The molecule has 0 aliphatic carbocycles. The summed E-state index contributed by atoms with van der Waals surface area (Å²) in [5, 5.41) is 1.21. The predicted molar refractivity (Wildman–Crippen MR) is 112 cm³/mol. The number of ether oxygens (including phenoxy) is 1. The molecule has 2 aliphatic rings. The number of hydrogen-bond acceptors (Lipinski definition) is 4. The molecule has 0 N–H and O–H groups in total. The molecule has 0 spiro atoms. The van der Waals surface area contributed by atoms with E-state index in [1.54, 1.807) is 7.11 Å². The van der Waals surface area contributed by atoms with Crippen LogP contribution in [0, 0.1) is 11.8 Å². The van der Waals surface area contributed by atoms with Gasteiger partial charge in [0.25, 0.3) is 0 Å². The maximum atomic E-state index is 5.33. The van der Waals surface area contributed by atoms with Crippen molar-refractivity contribution in [2.45, 2.75) is 12.6 Å². The summed E-state index contributed by atoms with van der Waals surface area (Å²) in [6.07, 6.45) is 0. The smallest absolute Gasteiger partial charge is 0.118 e. The number of aromatic nitrogens is 1. The zero-order valence-corrected chi connectivity index (χ0v) is 16.6. The SMILES string of the molecule is COc1ccc([C@H]2[C@@H]3CN(Cc4ccc5ccccc5n4)C[C@@H]3CN2C)cc1. The summed E-state index contributed by atoms with van der Waals surface area (Å²) in [5.41, 5.74) is 3.67. The molecule has 2 aliphatic heterocycles. The van der Waals surface area contributed by atoms with E-state index in [4.69, 9.17) is 9.72 Å². The van der Waals surface area contributed by atoms with Crippen molar-refractivity contribution in [3.8, 4) is 5.75 Å². The van der Waals surface area contributed by atoms with Crippen molar-refractivity contribution < 1.29 is 4.74 Å². The van der Waals surface area contributed by atoms with Gasteiger partial charge in [-0.3, -0.25) is 14.8 Å². The molecule has 2 fully saturated rings.